The number of sulfone groups is 1. The van der Waals surface area contributed by atoms with Gasteiger partial charge in [-0.25, -0.2) is 18.4 Å². The molecule has 0 bridgehead atoms. The van der Waals surface area contributed by atoms with E-state index in [9.17, 15) is 47.9 Å². The molecule has 0 aliphatic heterocycles. The van der Waals surface area contributed by atoms with Crippen LogP contribution in [0.4, 0.5) is 51.1 Å². The molecule has 1 heterocycles. The number of hydrogen-bond donors (Lipinski definition) is 0. The third-order valence-corrected chi connectivity index (χ3v) is 9.74. The van der Waals surface area contributed by atoms with Crippen molar-refractivity contribution in [1.82, 2.24) is 9.97 Å². The van der Waals surface area contributed by atoms with E-state index in [1.54, 1.807) is 0 Å². The topological polar surface area (TPSA) is 75.6 Å². The predicted molar refractivity (Wildman–Crippen MR) is 174 cm³/mol. The lowest BCUT2D eigenvalue weighted by Gasteiger charge is -2.35. The first-order chi connectivity index (χ1) is 23.7. The van der Waals surface area contributed by atoms with Gasteiger partial charge < -0.3 is 14.5 Å². The Kier molecular flexibility index (Phi) is 12.4. The fraction of sp³-hybridized carbons (Fsp3) is 0.529. The monoisotopic (exact) mass is 754 g/mol. The molecule has 0 spiro atoms. The minimum absolute atomic E-state index is 0.00497. The Labute approximate surface area is 290 Å². The first-order valence-corrected chi connectivity index (χ1v) is 18.4. The lowest BCUT2D eigenvalue weighted by molar-refractivity contribution is -0.143. The normalized spacial score (nSPS) is 15.5. The quantitative estimate of drug-likeness (QED) is 0.161. The summed E-state index contributed by atoms with van der Waals surface area (Å²) in [5, 5.41) is 0. The largest absolute Gasteiger partial charge is 0.489 e. The first-order valence-electron chi connectivity index (χ1n) is 16.3. The Balaban J connectivity index is 1.84. The maximum atomic E-state index is 14.1. The van der Waals surface area contributed by atoms with Crippen molar-refractivity contribution in [2.75, 3.05) is 41.5 Å². The van der Waals surface area contributed by atoms with Crippen LogP contribution in [0.15, 0.2) is 48.8 Å². The van der Waals surface area contributed by atoms with Gasteiger partial charge in [-0.3, -0.25) is 0 Å². The second kappa shape index (κ2) is 15.9. The molecule has 3 aromatic rings. The van der Waals surface area contributed by atoms with Crippen LogP contribution in [0.1, 0.15) is 79.8 Å². The maximum absolute atomic E-state index is 14.1. The fourth-order valence-electron chi connectivity index (χ4n) is 6.08. The van der Waals surface area contributed by atoms with Gasteiger partial charge in [0.1, 0.15) is 6.61 Å². The average molecular weight is 755 g/mol. The molecule has 1 aromatic heterocycles. The number of hydrogen-bond acceptors (Lipinski definition) is 7. The molecular formula is C34H39F9N4O3S. The molecule has 1 saturated carbocycles. The van der Waals surface area contributed by atoms with Crippen molar-refractivity contribution in [2.24, 2.45) is 5.92 Å². The van der Waals surface area contributed by atoms with Crippen molar-refractivity contribution in [1.29, 1.82) is 0 Å². The molecule has 51 heavy (non-hydrogen) atoms. The van der Waals surface area contributed by atoms with Gasteiger partial charge in [-0.15, -0.1) is 0 Å². The van der Waals surface area contributed by atoms with E-state index in [0.29, 0.717) is 30.9 Å². The summed E-state index contributed by atoms with van der Waals surface area (Å²) >= 11 is 0. The summed E-state index contributed by atoms with van der Waals surface area (Å²) in [5.41, 5.74) is -4.00. The summed E-state index contributed by atoms with van der Waals surface area (Å²) in [5.74, 6) is -0.268. The molecule has 0 unspecified atom stereocenters. The highest BCUT2D eigenvalue weighted by molar-refractivity contribution is 7.90. The van der Waals surface area contributed by atoms with Crippen molar-refractivity contribution < 1.29 is 52.7 Å². The van der Waals surface area contributed by atoms with Gasteiger partial charge in [-0.05, 0) is 80.1 Å². The molecule has 1 fully saturated rings. The van der Waals surface area contributed by atoms with Crippen molar-refractivity contribution >= 4 is 21.5 Å². The number of benzene rings is 2. The summed E-state index contributed by atoms with van der Waals surface area (Å²) in [6.45, 7) is 3.42. The van der Waals surface area contributed by atoms with E-state index in [-0.39, 0.29) is 41.6 Å². The van der Waals surface area contributed by atoms with Crippen molar-refractivity contribution in [2.45, 2.75) is 77.1 Å². The van der Waals surface area contributed by atoms with E-state index >= 15 is 0 Å². The standard InChI is InChI=1S/C34H39F9N4O3S/c1-4-46(20-23-8-6-5-7-9-23)30-11-10-26(32(35,36)37)16-25(30)21-47(31-44-18-29(19-45-31)50-12-13-51(3,48)49)22(2)24-14-27(33(38,39)40)17-28(15-24)34(41,42)43/h10-11,14-19,22-23H,4-9,12-13,20-21H2,1-3H3/t22-/m0/s1. The molecule has 282 valence electrons. The molecule has 1 atom stereocenters. The van der Waals surface area contributed by atoms with E-state index < -0.39 is 63.2 Å². The van der Waals surface area contributed by atoms with E-state index in [1.165, 1.54) is 17.9 Å². The lowest BCUT2D eigenvalue weighted by Crippen LogP contribution is -2.33. The highest BCUT2D eigenvalue weighted by atomic mass is 32.2. The molecule has 0 radical (unpaired) electrons. The van der Waals surface area contributed by atoms with Crippen LogP contribution in [0.5, 0.6) is 5.75 Å². The zero-order valence-electron chi connectivity index (χ0n) is 28.2. The SMILES string of the molecule is CCN(CC1CCCCC1)c1ccc(C(F)(F)F)cc1CN(c1ncc(OCCS(C)(=O)=O)cn1)[C@@H](C)c1cc(C(F)(F)F)cc(C(F)(F)F)c1. The number of nitrogens with zero attached hydrogens (tertiary/aromatic N) is 4. The predicted octanol–water partition coefficient (Wildman–Crippen LogP) is 9.13. The van der Waals surface area contributed by atoms with E-state index in [0.717, 1.165) is 62.9 Å². The van der Waals surface area contributed by atoms with E-state index in [2.05, 4.69) is 9.97 Å². The molecule has 4 rings (SSSR count). The second-order valence-corrected chi connectivity index (χ2v) is 15.0. The number of anilines is 2. The van der Waals surface area contributed by atoms with Gasteiger partial charge in [-0.2, -0.15) is 39.5 Å². The van der Waals surface area contributed by atoms with Gasteiger partial charge >= 0.3 is 18.5 Å². The van der Waals surface area contributed by atoms with Gasteiger partial charge in [0.15, 0.2) is 15.6 Å². The second-order valence-electron chi connectivity index (χ2n) is 12.7. The highest BCUT2D eigenvalue weighted by Gasteiger charge is 2.38. The number of alkyl halides is 9. The Morgan fingerprint density at radius 3 is 1.92 bits per heavy atom. The number of halogens is 9. The molecule has 0 N–H and O–H groups in total. The zero-order chi connectivity index (χ0) is 37.8. The third kappa shape index (κ3) is 11.1. The van der Waals surface area contributed by atoms with Crippen molar-refractivity contribution in [3.8, 4) is 5.75 Å². The van der Waals surface area contributed by atoms with Crippen molar-refractivity contribution in [3.63, 3.8) is 0 Å². The average Bonchev–Trinajstić information content (AvgIpc) is 3.04. The summed E-state index contributed by atoms with van der Waals surface area (Å²) < 4.78 is 154. The fourth-order valence-corrected chi connectivity index (χ4v) is 6.47. The van der Waals surface area contributed by atoms with Gasteiger partial charge in [0.05, 0.1) is 40.9 Å². The molecule has 1 aliphatic rings. The lowest BCUT2D eigenvalue weighted by atomic mass is 9.88. The van der Waals surface area contributed by atoms with Gasteiger partial charge in [0, 0.05) is 31.6 Å². The molecular weight excluding hydrogens is 715 g/mol. The van der Waals surface area contributed by atoms with Crippen LogP contribution in [-0.4, -0.2) is 50.1 Å². The Morgan fingerprint density at radius 1 is 0.843 bits per heavy atom. The van der Waals surface area contributed by atoms with Crippen LogP contribution in [-0.2, 0) is 34.9 Å². The molecule has 7 nitrogen and oxygen atoms in total. The van der Waals surface area contributed by atoms with Crippen LogP contribution < -0.4 is 14.5 Å². The van der Waals surface area contributed by atoms with Crippen LogP contribution in [0.25, 0.3) is 0 Å². The molecule has 17 heteroatoms. The van der Waals surface area contributed by atoms with Gasteiger partial charge in [0.25, 0.3) is 0 Å². The first kappa shape index (κ1) is 40.0. The van der Waals surface area contributed by atoms with Gasteiger partial charge in [0.2, 0.25) is 5.95 Å². The minimum atomic E-state index is -5.14. The number of rotatable bonds is 13. The van der Waals surface area contributed by atoms with Crippen molar-refractivity contribution in [3.05, 3.63) is 76.6 Å². The number of ether oxygens (including phenoxy) is 1. The Morgan fingerprint density at radius 2 is 1.41 bits per heavy atom. The number of aromatic nitrogens is 2. The molecule has 0 saturated heterocycles. The van der Waals surface area contributed by atoms with E-state index in [4.69, 9.17) is 4.74 Å². The van der Waals surface area contributed by atoms with Crippen LogP contribution in [0.3, 0.4) is 0 Å². The molecule has 2 aromatic carbocycles. The van der Waals surface area contributed by atoms with Crippen LogP contribution in [0, 0.1) is 5.92 Å². The zero-order valence-corrected chi connectivity index (χ0v) is 29.0. The highest BCUT2D eigenvalue weighted by Crippen LogP contribution is 2.40. The molecule has 0 amide bonds. The summed E-state index contributed by atoms with van der Waals surface area (Å²) in [6.07, 6.45) is -6.75. The third-order valence-electron chi connectivity index (χ3n) is 8.83. The smallest absolute Gasteiger partial charge is 0.416 e. The summed E-state index contributed by atoms with van der Waals surface area (Å²) in [6, 6.07) is 2.98. The molecule has 1 aliphatic carbocycles. The van der Waals surface area contributed by atoms with E-state index in [1.807, 2.05) is 11.8 Å². The Bertz CT molecular complexity index is 1690. The summed E-state index contributed by atoms with van der Waals surface area (Å²) in [4.78, 5) is 11.6. The van der Waals surface area contributed by atoms with Gasteiger partial charge in [-0.1, -0.05) is 19.3 Å². The maximum Gasteiger partial charge on any atom is 0.416 e. The summed E-state index contributed by atoms with van der Waals surface area (Å²) in [7, 11) is -3.38. The minimum Gasteiger partial charge on any atom is -0.489 e. The van der Waals surface area contributed by atoms with Crippen LogP contribution >= 0.6 is 0 Å². The Hall–Kier alpha value is -3.76. The van der Waals surface area contributed by atoms with Crippen LogP contribution in [0.2, 0.25) is 0 Å².